The Morgan fingerprint density at radius 2 is 1.86 bits per heavy atom. The molecule has 3 heteroatoms. The Kier molecular flexibility index (Phi) is 7.04. The number of para-hydroxylation sites is 1. The fourth-order valence-electron chi connectivity index (χ4n) is 3.03. The van der Waals surface area contributed by atoms with E-state index in [1.165, 1.54) is 44.3 Å². The monoisotopic (exact) mass is 290 g/mol. The molecule has 0 amide bonds. The predicted octanol–water partition coefficient (Wildman–Crippen LogP) is 3.61. The molecule has 1 fully saturated rings. The van der Waals surface area contributed by atoms with Crippen LogP contribution in [0.25, 0.3) is 0 Å². The first-order valence-electron chi connectivity index (χ1n) is 8.48. The van der Waals surface area contributed by atoms with Crippen LogP contribution in [0.3, 0.4) is 0 Å². The molecule has 3 nitrogen and oxygen atoms in total. The summed E-state index contributed by atoms with van der Waals surface area (Å²) >= 11 is 0. The highest BCUT2D eigenvalue weighted by Crippen LogP contribution is 2.24. The number of hydrogen-bond donors (Lipinski definition) is 1. The van der Waals surface area contributed by atoms with E-state index in [0.29, 0.717) is 6.04 Å². The second-order valence-electron chi connectivity index (χ2n) is 5.90. The van der Waals surface area contributed by atoms with E-state index in [1.807, 2.05) is 13.0 Å². The van der Waals surface area contributed by atoms with Crippen LogP contribution >= 0.6 is 0 Å². The molecular weight excluding hydrogens is 260 g/mol. The molecule has 1 atom stereocenters. The van der Waals surface area contributed by atoms with Crippen LogP contribution in [0.2, 0.25) is 0 Å². The van der Waals surface area contributed by atoms with Crippen molar-refractivity contribution in [1.82, 2.24) is 10.2 Å². The minimum Gasteiger partial charge on any atom is -0.494 e. The summed E-state index contributed by atoms with van der Waals surface area (Å²) < 4.78 is 5.72. The smallest absolute Gasteiger partial charge is 0.124 e. The van der Waals surface area contributed by atoms with Crippen molar-refractivity contribution in [3.8, 4) is 5.75 Å². The number of hydrogen-bond acceptors (Lipinski definition) is 3. The highest BCUT2D eigenvalue weighted by Gasteiger charge is 2.12. The van der Waals surface area contributed by atoms with Crippen LogP contribution in [0, 0.1) is 0 Å². The molecule has 1 aromatic rings. The second kappa shape index (κ2) is 9.06. The van der Waals surface area contributed by atoms with Crippen molar-refractivity contribution in [3.63, 3.8) is 0 Å². The first-order valence-corrected chi connectivity index (χ1v) is 8.48. The first-order chi connectivity index (χ1) is 10.3. The number of ether oxygens (including phenoxy) is 1. The summed E-state index contributed by atoms with van der Waals surface area (Å²) in [6.07, 6.45) is 5.54. The Balaban J connectivity index is 1.79. The molecule has 0 saturated carbocycles. The van der Waals surface area contributed by atoms with Crippen LogP contribution in [-0.2, 0) is 0 Å². The van der Waals surface area contributed by atoms with E-state index in [0.717, 1.165) is 25.4 Å². The third kappa shape index (κ3) is 5.33. The summed E-state index contributed by atoms with van der Waals surface area (Å²) in [6.45, 7) is 9.71. The summed E-state index contributed by atoms with van der Waals surface area (Å²) in [4.78, 5) is 2.60. The van der Waals surface area contributed by atoms with Gasteiger partial charge in [-0.1, -0.05) is 31.0 Å². The van der Waals surface area contributed by atoms with Crippen molar-refractivity contribution in [3.05, 3.63) is 29.8 Å². The Hall–Kier alpha value is -1.06. The quantitative estimate of drug-likeness (QED) is 0.830. The molecule has 0 spiro atoms. The van der Waals surface area contributed by atoms with Gasteiger partial charge in [-0.15, -0.1) is 0 Å². The normalized spacial score (nSPS) is 18.2. The van der Waals surface area contributed by atoms with Crippen LogP contribution in [0.1, 0.15) is 51.1 Å². The highest BCUT2D eigenvalue weighted by molar-refractivity contribution is 5.35. The van der Waals surface area contributed by atoms with Gasteiger partial charge in [0.1, 0.15) is 5.75 Å². The molecule has 1 aromatic carbocycles. The summed E-state index contributed by atoms with van der Waals surface area (Å²) in [5, 5.41) is 3.64. The van der Waals surface area contributed by atoms with Gasteiger partial charge in [-0.3, -0.25) is 0 Å². The number of nitrogens with zero attached hydrogens (tertiary/aromatic N) is 1. The highest BCUT2D eigenvalue weighted by atomic mass is 16.5. The zero-order valence-electron chi connectivity index (χ0n) is 13.6. The van der Waals surface area contributed by atoms with Crippen molar-refractivity contribution >= 4 is 0 Å². The van der Waals surface area contributed by atoms with E-state index in [2.05, 4.69) is 35.3 Å². The number of rotatable bonds is 7. The molecule has 118 valence electrons. The van der Waals surface area contributed by atoms with Crippen molar-refractivity contribution < 1.29 is 4.74 Å². The van der Waals surface area contributed by atoms with Gasteiger partial charge in [0.15, 0.2) is 0 Å². The summed E-state index contributed by atoms with van der Waals surface area (Å²) in [7, 11) is 0. The van der Waals surface area contributed by atoms with E-state index in [-0.39, 0.29) is 0 Å². The maximum Gasteiger partial charge on any atom is 0.124 e. The summed E-state index contributed by atoms with van der Waals surface area (Å²) in [6, 6.07) is 8.68. The van der Waals surface area contributed by atoms with E-state index in [9.17, 15) is 0 Å². The van der Waals surface area contributed by atoms with Gasteiger partial charge >= 0.3 is 0 Å². The molecule has 0 radical (unpaired) electrons. The van der Waals surface area contributed by atoms with Gasteiger partial charge in [-0.05, 0) is 45.8 Å². The lowest BCUT2D eigenvalue weighted by molar-refractivity contribution is 0.279. The van der Waals surface area contributed by atoms with Crippen LogP contribution in [0.5, 0.6) is 5.75 Å². The maximum absolute atomic E-state index is 5.72. The summed E-state index contributed by atoms with van der Waals surface area (Å²) in [5.74, 6) is 1.01. The molecule has 1 unspecified atom stereocenters. The molecule has 1 aliphatic heterocycles. The molecule has 1 aliphatic rings. The molecule has 21 heavy (non-hydrogen) atoms. The van der Waals surface area contributed by atoms with Crippen molar-refractivity contribution in [2.45, 2.75) is 45.6 Å². The SMILES string of the molecule is CCOc1ccccc1C(C)NCCN1CCCCCC1. The third-order valence-electron chi connectivity index (χ3n) is 4.26. The Morgan fingerprint density at radius 1 is 1.14 bits per heavy atom. The van der Waals surface area contributed by atoms with E-state index in [1.54, 1.807) is 0 Å². The van der Waals surface area contributed by atoms with Gasteiger partial charge in [0, 0.05) is 24.7 Å². The standard InChI is InChI=1S/C18H30N2O/c1-3-21-18-11-7-6-10-17(18)16(2)19-12-15-20-13-8-4-5-9-14-20/h6-7,10-11,16,19H,3-5,8-9,12-15H2,1-2H3. The van der Waals surface area contributed by atoms with Gasteiger partial charge in [0.25, 0.3) is 0 Å². The third-order valence-corrected chi connectivity index (χ3v) is 4.26. The van der Waals surface area contributed by atoms with Gasteiger partial charge in [0.05, 0.1) is 6.61 Å². The van der Waals surface area contributed by atoms with Crippen molar-refractivity contribution in [2.75, 3.05) is 32.8 Å². The average molecular weight is 290 g/mol. The first kappa shape index (κ1) is 16.3. The van der Waals surface area contributed by atoms with Gasteiger partial charge in [-0.2, -0.15) is 0 Å². The van der Waals surface area contributed by atoms with Gasteiger partial charge in [0.2, 0.25) is 0 Å². The molecule has 1 heterocycles. The molecule has 1 N–H and O–H groups in total. The predicted molar refractivity (Wildman–Crippen MR) is 88.9 cm³/mol. The lowest BCUT2D eigenvalue weighted by atomic mass is 10.1. The van der Waals surface area contributed by atoms with Crippen LogP contribution in [0.4, 0.5) is 0 Å². The minimum atomic E-state index is 0.333. The van der Waals surface area contributed by atoms with Crippen LogP contribution < -0.4 is 10.1 Å². The molecular formula is C18H30N2O. The fraction of sp³-hybridized carbons (Fsp3) is 0.667. The number of nitrogens with one attached hydrogen (secondary N) is 1. The van der Waals surface area contributed by atoms with E-state index in [4.69, 9.17) is 4.74 Å². The largest absolute Gasteiger partial charge is 0.494 e. The van der Waals surface area contributed by atoms with Crippen LogP contribution in [0.15, 0.2) is 24.3 Å². The zero-order chi connectivity index (χ0) is 14.9. The molecule has 0 aromatic heterocycles. The Labute approximate surface area is 129 Å². The van der Waals surface area contributed by atoms with Crippen LogP contribution in [-0.4, -0.2) is 37.7 Å². The maximum atomic E-state index is 5.72. The Bertz CT molecular complexity index is 400. The number of benzene rings is 1. The molecule has 1 saturated heterocycles. The average Bonchev–Trinajstić information content (AvgIpc) is 2.77. The summed E-state index contributed by atoms with van der Waals surface area (Å²) in [5.41, 5.74) is 1.26. The fourth-order valence-corrected chi connectivity index (χ4v) is 3.03. The topological polar surface area (TPSA) is 24.5 Å². The lowest BCUT2D eigenvalue weighted by Gasteiger charge is -2.22. The molecule has 0 aliphatic carbocycles. The Morgan fingerprint density at radius 3 is 2.57 bits per heavy atom. The van der Waals surface area contributed by atoms with E-state index < -0.39 is 0 Å². The lowest BCUT2D eigenvalue weighted by Crippen LogP contribution is -2.33. The minimum absolute atomic E-state index is 0.333. The van der Waals surface area contributed by atoms with Gasteiger partial charge in [-0.25, -0.2) is 0 Å². The van der Waals surface area contributed by atoms with E-state index >= 15 is 0 Å². The molecule has 0 bridgehead atoms. The zero-order valence-corrected chi connectivity index (χ0v) is 13.6. The van der Waals surface area contributed by atoms with Crippen molar-refractivity contribution in [2.24, 2.45) is 0 Å². The second-order valence-corrected chi connectivity index (χ2v) is 5.90. The molecule has 2 rings (SSSR count). The van der Waals surface area contributed by atoms with Crippen molar-refractivity contribution in [1.29, 1.82) is 0 Å². The number of likely N-dealkylation sites (tertiary alicyclic amines) is 1. The van der Waals surface area contributed by atoms with Gasteiger partial charge < -0.3 is 15.0 Å².